The molecule has 0 heterocycles. The standard InChI is InChI=1S/C20H15ClFNO2/c21-15-9-10-18(23-20(25)14-7-4-8-16(22)11-14)17(12-15)19(24)13-5-2-1-3-6-13/h1-12,19,24H,(H,23,25). The van der Waals surface area contributed by atoms with Crippen LogP contribution >= 0.6 is 11.6 Å². The van der Waals surface area contributed by atoms with Crippen LogP contribution in [0.3, 0.4) is 0 Å². The molecule has 0 aromatic heterocycles. The van der Waals surface area contributed by atoms with Gasteiger partial charge >= 0.3 is 0 Å². The molecule has 1 amide bonds. The number of nitrogens with one attached hydrogen (secondary N) is 1. The first-order valence-corrected chi connectivity index (χ1v) is 8.02. The molecule has 0 aliphatic heterocycles. The minimum Gasteiger partial charge on any atom is -0.384 e. The van der Waals surface area contributed by atoms with Crippen LogP contribution in [0, 0.1) is 5.82 Å². The highest BCUT2D eigenvalue weighted by Crippen LogP contribution is 2.31. The van der Waals surface area contributed by atoms with Gasteiger partial charge in [0.1, 0.15) is 11.9 Å². The second kappa shape index (κ2) is 7.47. The molecule has 3 aromatic rings. The number of amides is 1. The number of rotatable bonds is 4. The minimum atomic E-state index is -0.956. The summed E-state index contributed by atoms with van der Waals surface area (Å²) in [7, 11) is 0. The molecule has 5 heteroatoms. The topological polar surface area (TPSA) is 49.3 Å². The monoisotopic (exact) mass is 355 g/mol. The summed E-state index contributed by atoms with van der Waals surface area (Å²) < 4.78 is 13.3. The van der Waals surface area contributed by atoms with E-state index in [0.717, 1.165) is 6.07 Å². The van der Waals surface area contributed by atoms with Crippen molar-refractivity contribution in [1.29, 1.82) is 0 Å². The zero-order valence-corrected chi connectivity index (χ0v) is 13.9. The van der Waals surface area contributed by atoms with Gasteiger partial charge in [-0.25, -0.2) is 4.39 Å². The molecule has 0 saturated heterocycles. The van der Waals surface area contributed by atoms with Crippen molar-refractivity contribution in [2.75, 3.05) is 5.32 Å². The molecule has 126 valence electrons. The van der Waals surface area contributed by atoms with Crippen molar-refractivity contribution in [3.05, 3.63) is 100 Å². The fourth-order valence-electron chi connectivity index (χ4n) is 2.51. The predicted molar refractivity (Wildman–Crippen MR) is 96.3 cm³/mol. The molecule has 3 nitrogen and oxygen atoms in total. The average Bonchev–Trinajstić information content (AvgIpc) is 2.63. The lowest BCUT2D eigenvalue weighted by atomic mass is 9.99. The maximum atomic E-state index is 13.3. The lowest BCUT2D eigenvalue weighted by molar-refractivity contribution is 0.102. The van der Waals surface area contributed by atoms with Crippen LogP contribution < -0.4 is 5.32 Å². The maximum Gasteiger partial charge on any atom is 0.255 e. The minimum absolute atomic E-state index is 0.190. The Morgan fingerprint density at radius 3 is 2.48 bits per heavy atom. The molecule has 1 atom stereocenters. The largest absolute Gasteiger partial charge is 0.384 e. The average molecular weight is 356 g/mol. The smallest absolute Gasteiger partial charge is 0.255 e. The normalized spacial score (nSPS) is 11.8. The number of carbonyl (C=O) groups excluding carboxylic acids is 1. The molecule has 0 fully saturated rings. The van der Waals surface area contributed by atoms with Gasteiger partial charge in [0.2, 0.25) is 0 Å². The molecule has 2 N–H and O–H groups in total. The van der Waals surface area contributed by atoms with Crippen molar-refractivity contribution >= 4 is 23.2 Å². The third kappa shape index (κ3) is 4.05. The zero-order valence-electron chi connectivity index (χ0n) is 13.1. The first kappa shape index (κ1) is 17.1. The van der Waals surface area contributed by atoms with E-state index < -0.39 is 17.8 Å². The quantitative estimate of drug-likeness (QED) is 0.705. The third-order valence-corrected chi connectivity index (χ3v) is 3.99. The van der Waals surface area contributed by atoms with Gasteiger partial charge in [-0.3, -0.25) is 4.79 Å². The van der Waals surface area contributed by atoms with E-state index in [9.17, 15) is 14.3 Å². The van der Waals surface area contributed by atoms with Crippen molar-refractivity contribution < 1.29 is 14.3 Å². The zero-order chi connectivity index (χ0) is 17.8. The summed E-state index contributed by atoms with van der Waals surface area (Å²) >= 11 is 6.05. The van der Waals surface area contributed by atoms with E-state index in [1.54, 1.807) is 30.3 Å². The predicted octanol–water partition coefficient (Wildman–Crippen LogP) is 4.81. The molecule has 0 aliphatic carbocycles. The summed E-state index contributed by atoms with van der Waals surface area (Å²) in [5.74, 6) is -0.961. The van der Waals surface area contributed by atoms with E-state index in [1.807, 2.05) is 18.2 Å². The first-order chi connectivity index (χ1) is 12.0. The lowest BCUT2D eigenvalue weighted by Gasteiger charge is -2.17. The van der Waals surface area contributed by atoms with Crippen molar-refractivity contribution in [1.82, 2.24) is 0 Å². The van der Waals surface area contributed by atoms with Gasteiger partial charge in [0.25, 0.3) is 5.91 Å². The summed E-state index contributed by atoms with van der Waals surface area (Å²) in [6.45, 7) is 0. The fraction of sp³-hybridized carbons (Fsp3) is 0.0500. The molecule has 25 heavy (non-hydrogen) atoms. The Morgan fingerprint density at radius 1 is 1.00 bits per heavy atom. The van der Waals surface area contributed by atoms with E-state index >= 15 is 0 Å². The molecule has 0 saturated carbocycles. The summed E-state index contributed by atoms with van der Waals surface area (Å²) in [5, 5.41) is 13.8. The number of hydrogen-bond donors (Lipinski definition) is 2. The first-order valence-electron chi connectivity index (χ1n) is 7.64. The second-order valence-corrected chi connectivity index (χ2v) is 5.95. The van der Waals surface area contributed by atoms with Crippen LogP contribution in [-0.2, 0) is 0 Å². The summed E-state index contributed by atoms with van der Waals surface area (Å²) in [6, 6.07) is 19.3. The van der Waals surface area contributed by atoms with Crippen molar-refractivity contribution in [2.45, 2.75) is 6.10 Å². The number of anilines is 1. The van der Waals surface area contributed by atoms with E-state index in [2.05, 4.69) is 5.32 Å². The fourth-order valence-corrected chi connectivity index (χ4v) is 2.69. The molecule has 0 spiro atoms. The van der Waals surface area contributed by atoms with Gasteiger partial charge in [-0.15, -0.1) is 0 Å². The number of aliphatic hydroxyl groups excluding tert-OH is 1. The number of hydrogen-bond acceptors (Lipinski definition) is 2. The van der Waals surface area contributed by atoms with E-state index in [1.165, 1.54) is 18.2 Å². The molecular weight excluding hydrogens is 341 g/mol. The Balaban J connectivity index is 1.93. The highest BCUT2D eigenvalue weighted by atomic mass is 35.5. The van der Waals surface area contributed by atoms with Crippen LogP contribution in [0.2, 0.25) is 5.02 Å². The SMILES string of the molecule is O=C(Nc1ccc(Cl)cc1C(O)c1ccccc1)c1cccc(F)c1. The van der Waals surface area contributed by atoms with Crippen molar-refractivity contribution in [2.24, 2.45) is 0 Å². The van der Waals surface area contributed by atoms with E-state index in [0.29, 0.717) is 21.8 Å². The van der Waals surface area contributed by atoms with Crippen LogP contribution in [0.1, 0.15) is 27.6 Å². The molecule has 0 aliphatic rings. The Hall–Kier alpha value is -2.69. The summed E-state index contributed by atoms with van der Waals surface area (Å²) in [6.07, 6.45) is -0.956. The van der Waals surface area contributed by atoms with Gasteiger partial charge in [-0.05, 0) is 42.0 Å². The van der Waals surface area contributed by atoms with Gasteiger partial charge in [0.05, 0.1) is 0 Å². The Bertz CT molecular complexity index is 899. The van der Waals surface area contributed by atoms with Gasteiger partial charge in [-0.1, -0.05) is 48.0 Å². The molecule has 3 aromatic carbocycles. The van der Waals surface area contributed by atoms with Gasteiger partial charge in [0.15, 0.2) is 0 Å². The molecule has 1 unspecified atom stereocenters. The summed E-state index contributed by atoms with van der Waals surface area (Å²) in [5.41, 5.74) is 1.74. The number of carbonyl (C=O) groups is 1. The summed E-state index contributed by atoms with van der Waals surface area (Å²) in [4.78, 5) is 12.4. The van der Waals surface area contributed by atoms with Crippen molar-refractivity contribution in [3.8, 4) is 0 Å². The highest BCUT2D eigenvalue weighted by molar-refractivity contribution is 6.30. The maximum absolute atomic E-state index is 13.3. The van der Waals surface area contributed by atoms with Gasteiger partial charge in [-0.2, -0.15) is 0 Å². The third-order valence-electron chi connectivity index (χ3n) is 3.76. The second-order valence-electron chi connectivity index (χ2n) is 5.51. The Morgan fingerprint density at radius 2 is 1.76 bits per heavy atom. The van der Waals surface area contributed by atoms with Crippen LogP contribution in [0.5, 0.6) is 0 Å². The highest BCUT2D eigenvalue weighted by Gasteiger charge is 2.17. The van der Waals surface area contributed by atoms with Gasteiger partial charge < -0.3 is 10.4 Å². The Kier molecular flexibility index (Phi) is 5.12. The van der Waals surface area contributed by atoms with Crippen LogP contribution in [0.15, 0.2) is 72.8 Å². The van der Waals surface area contributed by atoms with Crippen LogP contribution in [0.25, 0.3) is 0 Å². The number of benzene rings is 3. The molecule has 3 rings (SSSR count). The van der Waals surface area contributed by atoms with Crippen LogP contribution in [0.4, 0.5) is 10.1 Å². The lowest BCUT2D eigenvalue weighted by Crippen LogP contribution is -2.15. The number of aliphatic hydroxyl groups is 1. The van der Waals surface area contributed by atoms with E-state index in [-0.39, 0.29) is 5.56 Å². The van der Waals surface area contributed by atoms with E-state index in [4.69, 9.17) is 11.6 Å². The number of halogens is 2. The van der Waals surface area contributed by atoms with Crippen molar-refractivity contribution in [3.63, 3.8) is 0 Å². The molecule has 0 bridgehead atoms. The van der Waals surface area contributed by atoms with Crippen LogP contribution in [-0.4, -0.2) is 11.0 Å². The van der Waals surface area contributed by atoms with Gasteiger partial charge in [0, 0.05) is 21.8 Å². The Labute approximate surface area is 149 Å². The molecule has 0 radical (unpaired) electrons. The molecular formula is C20H15ClFNO2.